The minimum absolute atomic E-state index is 0.0332. The number of benzene rings is 4. The fourth-order valence-corrected chi connectivity index (χ4v) is 18.0. The summed E-state index contributed by atoms with van der Waals surface area (Å²) in [6.07, 6.45) is 47.2. The molecule has 0 aliphatic rings. The van der Waals surface area contributed by atoms with Crippen LogP contribution in [0.5, 0.6) is 0 Å². The van der Waals surface area contributed by atoms with Crippen molar-refractivity contribution in [3.8, 4) is 0 Å². The average molecular weight is 1450 g/mol. The summed E-state index contributed by atoms with van der Waals surface area (Å²) in [5, 5.41) is 6.56. The molecule has 0 saturated heterocycles. The monoisotopic (exact) mass is 1440 g/mol. The summed E-state index contributed by atoms with van der Waals surface area (Å²) in [4.78, 5) is -0.493. The summed E-state index contributed by atoms with van der Waals surface area (Å²) < 4.78 is 141. The normalized spacial score (nSPS) is 12.0. The quantitative estimate of drug-likeness (QED) is 0.0239. The maximum absolute atomic E-state index is 14.3. The van der Waals surface area contributed by atoms with Gasteiger partial charge < -0.3 is 19.7 Å². The van der Waals surface area contributed by atoms with E-state index in [2.05, 4.69) is 38.3 Å². The van der Waals surface area contributed by atoms with Gasteiger partial charge >= 0.3 is 23.7 Å². The molecule has 4 aromatic rings. The number of rotatable bonds is 54. The Labute approximate surface area is 598 Å². The van der Waals surface area contributed by atoms with E-state index in [-0.39, 0.29) is 55.6 Å². The predicted molar refractivity (Wildman–Crippen MR) is 393 cm³/mol. The molecule has 0 aromatic heterocycles. The van der Waals surface area contributed by atoms with Gasteiger partial charge in [0, 0.05) is 23.5 Å². The van der Waals surface area contributed by atoms with E-state index in [4.69, 9.17) is 3.32 Å². The Bertz CT molecular complexity index is 2950. The molecule has 13 nitrogen and oxygen atoms in total. The van der Waals surface area contributed by atoms with Gasteiger partial charge in [0.25, 0.3) is 0 Å². The number of unbranched alkanes of at least 4 members (excludes halogenated alkanes) is 36. The zero-order valence-electron chi connectivity index (χ0n) is 60.8. The van der Waals surface area contributed by atoms with Gasteiger partial charge in [-0.2, -0.15) is 0 Å². The third-order valence-electron chi connectivity index (χ3n) is 18.1. The Kier molecular flexibility index (Phi) is 47.9. The number of aryl methyl sites for hydroxylation is 2. The van der Waals surface area contributed by atoms with Gasteiger partial charge in [0.15, 0.2) is 0 Å². The van der Waals surface area contributed by atoms with Crippen molar-refractivity contribution in [1.29, 1.82) is 0 Å². The molecule has 0 radical (unpaired) electrons. The third-order valence-corrected chi connectivity index (χ3v) is 23.8. The SMILES string of the molecule is CCCCCCCCCCCCc1ccc(S(=O)(=O)[O-])c(CCCCCCCCCCCC)c1S(=O)(=O)c1ccc(NC(C)C)cc1.CCCCCCCCCCCCc1ccc(S(=O)(=O)[O-])c(CCCCCCCCCCCC)c1S(=O)(=O)c1ccc(NC(C)C)cc1.[O]=[Ti+2]. The Morgan fingerprint density at radius 3 is 0.719 bits per heavy atom. The van der Waals surface area contributed by atoms with Crippen molar-refractivity contribution >= 4 is 51.3 Å². The number of nitrogens with one attached hydrogen (secondary N) is 2. The van der Waals surface area contributed by atoms with Crippen LogP contribution in [0.4, 0.5) is 11.4 Å². The van der Waals surface area contributed by atoms with E-state index in [1.807, 2.05) is 27.7 Å². The van der Waals surface area contributed by atoms with Gasteiger partial charge in [-0.15, -0.1) is 0 Å². The van der Waals surface area contributed by atoms with Crippen LogP contribution in [0.15, 0.2) is 102 Å². The standard InChI is InChI=1S/2C39H65NO5S2.O.Ti/c2*1-5-7-9-11-13-15-17-19-21-23-25-34-27-32-38(47(43,44)45)37(26-24-22-20-18-16-14-12-10-8-6-2)39(34)46(41,42)36-30-28-35(29-31-36)40-33(3)4;;/h2*27-33,40H,5-26H2,1-4H3,(H,43,44,45);;/q;;;+2/p-2. The van der Waals surface area contributed by atoms with Crippen molar-refractivity contribution in [2.45, 2.75) is 379 Å². The van der Waals surface area contributed by atoms with Crippen LogP contribution in [0.2, 0.25) is 0 Å². The van der Waals surface area contributed by atoms with E-state index in [1.54, 1.807) is 60.7 Å². The van der Waals surface area contributed by atoms with Crippen LogP contribution in [-0.4, -0.2) is 54.9 Å². The molecular weight excluding hydrogens is 1320 g/mol. The molecule has 0 aliphatic carbocycles. The van der Waals surface area contributed by atoms with Crippen LogP contribution in [0.25, 0.3) is 0 Å². The van der Waals surface area contributed by atoms with Gasteiger partial charge in [-0.05, 0) is 162 Å². The minimum atomic E-state index is -4.87. The van der Waals surface area contributed by atoms with Gasteiger partial charge in [0.2, 0.25) is 19.7 Å². The Morgan fingerprint density at radius 2 is 0.510 bits per heavy atom. The third kappa shape index (κ3) is 35.8. The fraction of sp³-hybridized carbons (Fsp3) is 0.692. The van der Waals surface area contributed by atoms with E-state index >= 15 is 0 Å². The molecule has 0 heterocycles. The molecule has 0 spiro atoms. The van der Waals surface area contributed by atoms with Crippen molar-refractivity contribution < 1.29 is 66.5 Å². The first-order valence-electron chi connectivity index (χ1n) is 37.7. The summed E-state index contributed by atoms with van der Waals surface area (Å²) in [5.41, 5.74) is 3.20. The predicted octanol–water partition coefficient (Wildman–Crippen LogP) is 22.2. The second-order valence-electron chi connectivity index (χ2n) is 27.4. The van der Waals surface area contributed by atoms with Gasteiger partial charge in [0.05, 0.1) is 29.4 Å². The van der Waals surface area contributed by atoms with E-state index < -0.39 is 49.7 Å². The van der Waals surface area contributed by atoms with Crippen LogP contribution < -0.4 is 10.6 Å². The topological polar surface area (TPSA) is 224 Å². The molecule has 0 fully saturated rings. The van der Waals surface area contributed by atoms with Crippen molar-refractivity contribution in [2.75, 3.05) is 10.6 Å². The molecule has 544 valence electrons. The molecule has 0 saturated carbocycles. The zero-order valence-corrected chi connectivity index (χ0v) is 65.6. The van der Waals surface area contributed by atoms with E-state index in [0.29, 0.717) is 36.8 Å². The maximum atomic E-state index is 14.3. The first-order chi connectivity index (χ1) is 46.0. The number of hydrogen-bond acceptors (Lipinski definition) is 13. The van der Waals surface area contributed by atoms with Crippen molar-refractivity contribution in [3.05, 3.63) is 95.1 Å². The molecule has 0 unspecified atom stereocenters. The van der Waals surface area contributed by atoms with Gasteiger partial charge in [-0.25, -0.2) is 33.7 Å². The first-order valence-corrected chi connectivity index (χ1v) is 44.1. The summed E-state index contributed by atoms with van der Waals surface area (Å²) >= 11 is 0.750. The molecule has 4 rings (SSSR count). The molecule has 0 atom stereocenters. The van der Waals surface area contributed by atoms with E-state index in [1.165, 1.54) is 179 Å². The van der Waals surface area contributed by atoms with E-state index in [9.17, 15) is 42.8 Å². The summed E-state index contributed by atoms with van der Waals surface area (Å²) in [6.45, 7) is 16.9. The first kappa shape index (κ1) is 88.8. The number of hydrogen-bond donors (Lipinski definition) is 2. The summed E-state index contributed by atoms with van der Waals surface area (Å²) in [6, 6.07) is 19.5. The zero-order chi connectivity index (χ0) is 71.1. The number of anilines is 2. The van der Waals surface area contributed by atoms with Crippen molar-refractivity contribution in [1.82, 2.24) is 0 Å². The van der Waals surface area contributed by atoms with Crippen LogP contribution in [0.1, 0.15) is 334 Å². The Morgan fingerprint density at radius 1 is 0.302 bits per heavy atom. The summed E-state index contributed by atoms with van der Waals surface area (Å²) in [7, 11) is -17.9. The van der Waals surface area contributed by atoms with E-state index in [0.717, 1.165) is 109 Å². The van der Waals surface area contributed by atoms with Crippen molar-refractivity contribution in [2.24, 2.45) is 0 Å². The van der Waals surface area contributed by atoms with Crippen molar-refractivity contribution in [3.63, 3.8) is 0 Å². The second-order valence-corrected chi connectivity index (χ2v) is 33.8. The number of sulfone groups is 2. The van der Waals surface area contributed by atoms with Gasteiger partial charge in [0.1, 0.15) is 20.2 Å². The fourth-order valence-electron chi connectivity index (χ4n) is 12.9. The van der Waals surface area contributed by atoms with Crippen LogP contribution in [0, 0.1) is 0 Å². The molecule has 0 amide bonds. The molecule has 4 aromatic carbocycles. The molecule has 18 heteroatoms. The van der Waals surface area contributed by atoms with Gasteiger partial charge in [-0.3, -0.25) is 0 Å². The second kappa shape index (κ2) is 51.8. The summed E-state index contributed by atoms with van der Waals surface area (Å²) in [5.74, 6) is 0. The van der Waals surface area contributed by atoms with Crippen LogP contribution in [0.3, 0.4) is 0 Å². The van der Waals surface area contributed by atoms with Gasteiger partial charge in [-0.1, -0.05) is 271 Å². The van der Waals surface area contributed by atoms with Crippen LogP contribution >= 0.6 is 0 Å². The molecule has 2 N–H and O–H groups in total. The molecule has 0 bridgehead atoms. The Hall–Kier alpha value is -3.29. The Balaban J connectivity index is 0.000000637. The molecular formula is C78H128N2O11S4Ti. The average Bonchev–Trinajstić information content (AvgIpc) is 0.764. The van der Waals surface area contributed by atoms with Crippen LogP contribution in [-0.2, 0) is 89.3 Å². The molecule has 0 aliphatic heterocycles. The molecule has 96 heavy (non-hydrogen) atoms.